The number of rotatable bonds is 6. The van der Waals surface area contributed by atoms with E-state index in [9.17, 15) is 4.79 Å². The van der Waals surface area contributed by atoms with Gasteiger partial charge in [0.25, 0.3) is 0 Å². The molecule has 0 radical (unpaired) electrons. The monoisotopic (exact) mass is 308 g/mol. The van der Waals surface area contributed by atoms with Crippen molar-refractivity contribution in [3.63, 3.8) is 0 Å². The first-order chi connectivity index (χ1) is 10.6. The van der Waals surface area contributed by atoms with Crippen molar-refractivity contribution >= 4 is 11.7 Å². The van der Waals surface area contributed by atoms with Gasteiger partial charge in [-0.25, -0.2) is 0 Å². The lowest BCUT2D eigenvalue weighted by Gasteiger charge is -2.21. The van der Waals surface area contributed by atoms with Crippen LogP contribution in [-0.2, 0) is 9.53 Å². The number of nitrogens with two attached hydrogens (primary N) is 1. The minimum Gasteiger partial charge on any atom is -0.497 e. The van der Waals surface area contributed by atoms with E-state index in [4.69, 9.17) is 15.2 Å². The third kappa shape index (κ3) is 3.82. The Kier molecular flexibility index (Phi) is 5.49. The Bertz CT molecular complexity index is 499. The molecule has 0 aliphatic carbocycles. The minimum absolute atomic E-state index is 0.346. The number of carbonyl (C=O) groups is 1. The summed E-state index contributed by atoms with van der Waals surface area (Å²) in [5.41, 5.74) is 6.91. The number of nitrogens with zero attached hydrogens (tertiary/aromatic N) is 1. The zero-order chi connectivity index (χ0) is 16.1. The first kappa shape index (κ1) is 16.4. The van der Waals surface area contributed by atoms with Gasteiger partial charge < -0.3 is 24.8 Å². The lowest BCUT2D eigenvalue weighted by Crippen LogP contribution is -2.34. The zero-order valence-electron chi connectivity index (χ0n) is 13.4. The van der Waals surface area contributed by atoms with Crippen LogP contribution in [0.5, 0.6) is 11.5 Å². The van der Waals surface area contributed by atoms with E-state index < -0.39 is 6.04 Å². The normalized spacial score (nSPS) is 18.9. The number of hydrogen-bond donors (Lipinski definition) is 1. The number of benzene rings is 1. The van der Waals surface area contributed by atoms with Crippen molar-refractivity contribution in [3.05, 3.63) is 18.2 Å². The summed E-state index contributed by atoms with van der Waals surface area (Å²) in [6.45, 7) is 1.79. The van der Waals surface area contributed by atoms with Crippen LogP contribution in [0, 0.1) is 5.92 Å². The van der Waals surface area contributed by atoms with Crippen molar-refractivity contribution in [2.45, 2.75) is 18.9 Å². The lowest BCUT2D eigenvalue weighted by atomic mass is 10.00. The Hall–Kier alpha value is -1.95. The highest BCUT2D eigenvalue weighted by Gasteiger charge is 2.27. The zero-order valence-corrected chi connectivity index (χ0v) is 13.4. The average Bonchev–Trinajstić information content (AvgIpc) is 3.01. The van der Waals surface area contributed by atoms with E-state index >= 15 is 0 Å². The molecule has 1 fully saturated rings. The highest BCUT2D eigenvalue weighted by molar-refractivity contribution is 5.75. The minimum atomic E-state index is -0.546. The van der Waals surface area contributed by atoms with Crippen molar-refractivity contribution in [1.29, 1.82) is 0 Å². The molecule has 2 unspecified atom stereocenters. The van der Waals surface area contributed by atoms with Crippen LogP contribution in [0.2, 0.25) is 0 Å². The molecular weight excluding hydrogens is 284 g/mol. The Morgan fingerprint density at radius 2 is 1.91 bits per heavy atom. The molecule has 0 aromatic heterocycles. The van der Waals surface area contributed by atoms with Crippen LogP contribution in [0.3, 0.4) is 0 Å². The molecule has 1 aromatic carbocycles. The third-order valence-corrected chi connectivity index (χ3v) is 4.08. The number of hydrogen-bond acceptors (Lipinski definition) is 6. The van der Waals surface area contributed by atoms with Gasteiger partial charge in [-0.2, -0.15) is 0 Å². The predicted octanol–water partition coefficient (Wildman–Crippen LogP) is 1.42. The first-order valence-corrected chi connectivity index (χ1v) is 7.38. The van der Waals surface area contributed by atoms with E-state index in [1.54, 1.807) is 14.2 Å². The molecule has 0 saturated carbocycles. The molecule has 1 aliphatic heterocycles. The van der Waals surface area contributed by atoms with E-state index in [1.165, 1.54) is 7.11 Å². The molecule has 6 nitrogen and oxygen atoms in total. The van der Waals surface area contributed by atoms with E-state index in [0.717, 1.165) is 36.7 Å². The highest BCUT2D eigenvalue weighted by Crippen LogP contribution is 2.32. The summed E-state index contributed by atoms with van der Waals surface area (Å²) in [6, 6.07) is 5.29. The predicted molar refractivity (Wildman–Crippen MR) is 84.5 cm³/mol. The van der Waals surface area contributed by atoms with Gasteiger partial charge in [-0.3, -0.25) is 4.79 Å². The molecule has 6 heteroatoms. The summed E-state index contributed by atoms with van der Waals surface area (Å²) >= 11 is 0. The molecule has 2 atom stereocenters. The standard InChI is InChI=1S/C16H24N2O4/c1-20-13-7-12(8-14(9-13)21-2)18-5-4-11(10-18)6-15(17)16(19)22-3/h7-9,11,15H,4-6,10,17H2,1-3H3. The summed E-state index contributed by atoms with van der Waals surface area (Å²) in [5, 5.41) is 0. The summed E-state index contributed by atoms with van der Waals surface area (Å²) < 4.78 is 15.3. The largest absolute Gasteiger partial charge is 0.497 e. The van der Waals surface area contributed by atoms with Crippen LogP contribution in [0.1, 0.15) is 12.8 Å². The van der Waals surface area contributed by atoms with E-state index in [0.29, 0.717) is 12.3 Å². The Morgan fingerprint density at radius 1 is 1.27 bits per heavy atom. The number of methoxy groups -OCH3 is 3. The van der Waals surface area contributed by atoms with Gasteiger partial charge in [0.1, 0.15) is 17.5 Å². The summed E-state index contributed by atoms with van der Waals surface area (Å²) in [4.78, 5) is 13.7. The first-order valence-electron chi connectivity index (χ1n) is 7.38. The molecule has 1 saturated heterocycles. The number of ether oxygens (including phenoxy) is 3. The van der Waals surface area contributed by atoms with Gasteiger partial charge in [0, 0.05) is 37.0 Å². The Morgan fingerprint density at radius 3 is 2.45 bits per heavy atom. The van der Waals surface area contributed by atoms with Crippen molar-refractivity contribution < 1.29 is 19.0 Å². The van der Waals surface area contributed by atoms with Crippen molar-refractivity contribution in [2.75, 3.05) is 39.3 Å². The fourth-order valence-electron chi connectivity index (χ4n) is 2.84. The van der Waals surface area contributed by atoms with Gasteiger partial charge >= 0.3 is 5.97 Å². The van der Waals surface area contributed by atoms with E-state index in [-0.39, 0.29) is 5.97 Å². The fourth-order valence-corrected chi connectivity index (χ4v) is 2.84. The maximum absolute atomic E-state index is 11.4. The second-order valence-electron chi connectivity index (χ2n) is 5.54. The van der Waals surface area contributed by atoms with Gasteiger partial charge in [0.05, 0.1) is 21.3 Å². The molecule has 0 amide bonds. The molecular formula is C16H24N2O4. The second-order valence-corrected chi connectivity index (χ2v) is 5.54. The third-order valence-electron chi connectivity index (χ3n) is 4.08. The van der Waals surface area contributed by atoms with Crippen LogP contribution in [0.4, 0.5) is 5.69 Å². The topological polar surface area (TPSA) is 74.0 Å². The summed E-state index contributed by atoms with van der Waals surface area (Å²) in [6.07, 6.45) is 1.65. The van der Waals surface area contributed by atoms with Crippen molar-refractivity contribution in [2.24, 2.45) is 11.7 Å². The van der Waals surface area contributed by atoms with Gasteiger partial charge in [-0.05, 0) is 18.8 Å². The quantitative estimate of drug-likeness (QED) is 0.801. The van der Waals surface area contributed by atoms with Crippen molar-refractivity contribution in [1.82, 2.24) is 0 Å². The van der Waals surface area contributed by atoms with Crippen LogP contribution in [-0.4, -0.2) is 46.4 Å². The molecule has 1 heterocycles. The van der Waals surface area contributed by atoms with Crippen LogP contribution in [0.25, 0.3) is 0 Å². The average molecular weight is 308 g/mol. The Balaban J connectivity index is 2.02. The molecule has 1 aliphatic rings. The molecule has 122 valence electrons. The highest BCUT2D eigenvalue weighted by atomic mass is 16.5. The number of esters is 1. The molecule has 1 aromatic rings. The van der Waals surface area contributed by atoms with Gasteiger partial charge in [-0.15, -0.1) is 0 Å². The van der Waals surface area contributed by atoms with Gasteiger partial charge in [0.15, 0.2) is 0 Å². The molecule has 0 spiro atoms. The van der Waals surface area contributed by atoms with Crippen LogP contribution >= 0.6 is 0 Å². The summed E-state index contributed by atoms with van der Waals surface area (Å²) in [7, 11) is 4.65. The molecule has 0 bridgehead atoms. The van der Waals surface area contributed by atoms with E-state index in [1.807, 2.05) is 18.2 Å². The summed E-state index contributed by atoms with van der Waals surface area (Å²) in [5.74, 6) is 1.57. The Labute approximate surface area is 131 Å². The lowest BCUT2D eigenvalue weighted by molar-refractivity contribution is -0.142. The molecule has 22 heavy (non-hydrogen) atoms. The second kappa shape index (κ2) is 7.35. The smallest absolute Gasteiger partial charge is 0.322 e. The SMILES string of the molecule is COC(=O)C(N)CC1CCN(c2cc(OC)cc(OC)c2)C1. The maximum atomic E-state index is 11.4. The van der Waals surface area contributed by atoms with Gasteiger partial charge in [0.2, 0.25) is 0 Å². The fraction of sp³-hybridized carbons (Fsp3) is 0.562. The molecule has 2 rings (SSSR count). The van der Waals surface area contributed by atoms with Crippen LogP contribution < -0.4 is 20.1 Å². The molecule has 2 N–H and O–H groups in total. The maximum Gasteiger partial charge on any atom is 0.322 e. The van der Waals surface area contributed by atoms with E-state index in [2.05, 4.69) is 9.64 Å². The number of anilines is 1. The van der Waals surface area contributed by atoms with Gasteiger partial charge in [-0.1, -0.05) is 0 Å². The number of carbonyl (C=O) groups excluding carboxylic acids is 1. The van der Waals surface area contributed by atoms with Crippen LogP contribution in [0.15, 0.2) is 18.2 Å². The van der Waals surface area contributed by atoms with Crippen molar-refractivity contribution in [3.8, 4) is 11.5 Å².